The summed E-state index contributed by atoms with van der Waals surface area (Å²) in [6.07, 6.45) is -0.693. The summed E-state index contributed by atoms with van der Waals surface area (Å²) in [7, 11) is 0. The molecule has 0 spiro atoms. The first-order valence-corrected chi connectivity index (χ1v) is 6.93. The van der Waals surface area contributed by atoms with Crippen LogP contribution in [-0.2, 0) is 17.9 Å². The molecule has 0 unspecified atom stereocenters. The third-order valence-corrected chi connectivity index (χ3v) is 3.33. The highest BCUT2D eigenvalue weighted by atomic mass is 79.9. The number of amides is 1. The molecule has 110 valence electrons. The number of nitrogens with one attached hydrogen (secondary N) is 1. The second kappa shape index (κ2) is 7.17. The van der Waals surface area contributed by atoms with Gasteiger partial charge in [-0.3, -0.25) is 0 Å². The second-order valence-corrected chi connectivity index (χ2v) is 5.13. The lowest BCUT2D eigenvalue weighted by Crippen LogP contribution is -2.24. The van der Waals surface area contributed by atoms with Crippen LogP contribution in [-0.4, -0.2) is 6.09 Å². The normalized spacial score (nSPS) is 10.2. The van der Waals surface area contributed by atoms with Crippen LogP contribution in [0.15, 0.2) is 46.9 Å². The zero-order valence-corrected chi connectivity index (χ0v) is 12.5. The highest BCUT2D eigenvalue weighted by Crippen LogP contribution is 2.19. The second-order valence-electron chi connectivity index (χ2n) is 4.27. The number of hydrogen-bond donors (Lipinski definition) is 1. The Hall–Kier alpha value is -1.95. The van der Waals surface area contributed by atoms with Crippen molar-refractivity contribution in [2.75, 3.05) is 0 Å². The molecule has 3 nitrogen and oxygen atoms in total. The van der Waals surface area contributed by atoms with E-state index in [-0.39, 0.29) is 23.2 Å². The van der Waals surface area contributed by atoms with Crippen LogP contribution in [0.2, 0.25) is 0 Å². The Morgan fingerprint density at radius 2 is 1.86 bits per heavy atom. The van der Waals surface area contributed by atoms with Crippen molar-refractivity contribution in [1.82, 2.24) is 5.32 Å². The molecule has 0 aliphatic rings. The van der Waals surface area contributed by atoms with Crippen molar-refractivity contribution < 1.29 is 18.3 Å². The Morgan fingerprint density at radius 3 is 2.57 bits per heavy atom. The molecule has 0 saturated carbocycles. The number of rotatable bonds is 4. The molecule has 2 aromatic rings. The average molecular weight is 356 g/mol. The van der Waals surface area contributed by atoms with E-state index >= 15 is 0 Å². The number of hydrogen-bond acceptors (Lipinski definition) is 2. The van der Waals surface area contributed by atoms with Gasteiger partial charge >= 0.3 is 6.09 Å². The van der Waals surface area contributed by atoms with E-state index in [2.05, 4.69) is 21.2 Å². The number of carbonyl (C=O) groups is 1. The maximum atomic E-state index is 13.5. The van der Waals surface area contributed by atoms with Crippen LogP contribution in [0.1, 0.15) is 11.1 Å². The number of halogens is 3. The van der Waals surface area contributed by atoms with Gasteiger partial charge in [0.15, 0.2) is 0 Å². The van der Waals surface area contributed by atoms with Gasteiger partial charge in [0, 0.05) is 12.1 Å². The summed E-state index contributed by atoms with van der Waals surface area (Å²) in [5.41, 5.74) is 0.890. The fourth-order valence-electron chi connectivity index (χ4n) is 1.64. The summed E-state index contributed by atoms with van der Waals surface area (Å²) in [6.45, 7) is -0.0342. The summed E-state index contributed by atoms with van der Waals surface area (Å²) in [4.78, 5) is 11.5. The molecule has 2 aromatic carbocycles. The number of ether oxygens (including phenoxy) is 1. The number of alkyl carbamates (subject to hydrolysis) is 1. The first-order chi connectivity index (χ1) is 10.1. The average Bonchev–Trinajstić information content (AvgIpc) is 2.48. The van der Waals surface area contributed by atoms with Gasteiger partial charge < -0.3 is 10.1 Å². The molecule has 0 radical (unpaired) electrons. The van der Waals surface area contributed by atoms with Gasteiger partial charge in [0.25, 0.3) is 0 Å². The predicted octanol–water partition coefficient (Wildman–Crippen LogP) is 4.15. The van der Waals surface area contributed by atoms with Crippen molar-refractivity contribution in [3.63, 3.8) is 0 Å². The molecule has 0 aromatic heterocycles. The quantitative estimate of drug-likeness (QED) is 0.836. The third-order valence-electron chi connectivity index (χ3n) is 2.73. The lowest BCUT2D eigenvalue weighted by molar-refractivity contribution is 0.139. The first-order valence-electron chi connectivity index (χ1n) is 6.14. The molecular formula is C15H12BrF2NO2. The summed E-state index contributed by atoms with van der Waals surface area (Å²) in [5.74, 6) is -1.20. The SMILES string of the molecule is O=C(NCc1cc(F)c(Br)cc1F)OCc1ccccc1. The van der Waals surface area contributed by atoms with Gasteiger partial charge in [-0.15, -0.1) is 0 Å². The Bertz CT molecular complexity index is 635. The lowest BCUT2D eigenvalue weighted by atomic mass is 10.2. The molecule has 1 amide bonds. The maximum absolute atomic E-state index is 13.5. The van der Waals surface area contributed by atoms with Crippen LogP contribution in [0.25, 0.3) is 0 Å². The van der Waals surface area contributed by atoms with Crippen LogP contribution in [0.4, 0.5) is 13.6 Å². The number of benzene rings is 2. The molecule has 0 fully saturated rings. The Balaban J connectivity index is 1.85. The van der Waals surface area contributed by atoms with E-state index in [4.69, 9.17) is 4.74 Å². The van der Waals surface area contributed by atoms with E-state index < -0.39 is 17.7 Å². The smallest absolute Gasteiger partial charge is 0.407 e. The Labute approximate surface area is 129 Å². The maximum Gasteiger partial charge on any atom is 0.407 e. The van der Waals surface area contributed by atoms with Crippen molar-refractivity contribution >= 4 is 22.0 Å². The molecule has 0 heterocycles. The summed E-state index contributed by atoms with van der Waals surface area (Å²) in [6, 6.07) is 11.2. The molecule has 0 bridgehead atoms. The van der Waals surface area contributed by atoms with E-state index in [0.29, 0.717) is 0 Å². The predicted molar refractivity (Wildman–Crippen MR) is 77.5 cm³/mol. The minimum absolute atomic E-state index is 0.0374. The molecule has 0 atom stereocenters. The lowest BCUT2D eigenvalue weighted by Gasteiger charge is -2.08. The molecule has 21 heavy (non-hydrogen) atoms. The van der Waals surface area contributed by atoms with Gasteiger partial charge in [0.1, 0.15) is 18.2 Å². The fourth-order valence-corrected chi connectivity index (χ4v) is 1.96. The molecule has 0 aliphatic carbocycles. The Kier molecular flexibility index (Phi) is 5.27. The van der Waals surface area contributed by atoms with Crippen molar-refractivity contribution in [3.8, 4) is 0 Å². The van der Waals surface area contributed by atoms with Crippen LogP contribution in [0.3, 0.4) is 0 Å². The van der Waals surface area contributed by atoms with Gasteiger partial charge in [-0.25, -0.2) is 13.6 Å². The van der Waals surface area contributed by atoms with Gasteiger partial charge in [0.2, 0.25) is 0 Å². The molecule has 0 saturated heterocycles. The van der Waals surface area contributed by atoms with Gasteiger partial charge in [-0.2, -0.15) is 0 Å². The highest BCUT2D eigenvalue weighted by molar-refractivity contribution is 9.10. The van der Waals surface area contributed by atoms with E-state index in [1.807, 2.05) is 30.3 Å². The molecule has 1 N–H and O–H groups in total. The van der Waals surface area contributed by atoms with Crippen molar-refractivity contribution in [1.29, 1.82) is 0 Å². The molecular weight excluding hydrogens is 344 g/mol. The van der Waals surface area contributed by atoms with Gasteiger partial charge in [-0.05, 0) is 33.6 Å². The molecule has 6 heteroatoms. The van der Waals surface area contributed by atoms with Crippen molar-refractivity contribution in [3.05, 3.63) is 69.7 Å². The van der Waals surface area contributed by atoms with E-state index in [0.717, 1.165) is 17.7 Å². The van der Waals surface area contributed by atoms with Crippen LogP contribution in [0.5, 0.6) is 0 Å². The molecule has 2 rings (SSSR count). The van der Waals surface area contributed by atoms with Gasteiger partial charge in [0.05, 0.1) is 4.47 Å². The standard InChI is InChI=1S/C15H12BrF2NO2/c16-12-7-13(17)11(6-14(12)18)8-19-15(20)21-9-10-4-2-1-3-5-10/h1-7H,8-9H2,(H,19,20). The Morgan fingerprint density at radius 1 is 1.14 bits per heavy atom. The summed E-state index contributed by atoms with van der Waals surface area (Å²) < 4.78 is 31.8. The largest absolute Gasteiger partial charge is 0.445 e. The van der Waals surface area contributed by atoms with Crippen LogP contribution >= 0.6 is 15.9 Å². The van der Waals surface area contributed by atoms with Gasteiger partial charge in [-0.1, -0.05) is 30.3 Å². The first kappa shape index (κ1) is 15.4. The summed E-state index contributed by atoms with van der Waals surface area (Å²) >= 11 is 2.88. The fraction of sp³-hybridized carbons (Fsp3) is 0.133. The van der Waals surface area contributed by atoms with E-state index in [9.17, 15) is 13.6 Å². The van der Waals surface area contributed by atoms with Crippen LogP contribution < -0.4 is 5.32 Å². The third kappa shape index (κ3) is 4.53. The topological polar surface area (TPSA) is 38.3 Å². The van der Waals surface area contributed by atoms with E-state index in [1.165, 1.54) is 0 Å². The zero-order valence-electron chi connectivity index (χ0n) is 10.9. The minimum Gasteiger partial charge on any atom is -0.445 e. The monoisotopic (exact) mass is 355 g/mol. The van der Waals surface area contributed by atoms with Crippen LogP contribution in [0, 0.1) is 11.6 Å². The van der Waals surface area contributed by atoms with Crippen molar-refractivity contribution in [2.24, 2.45) is 0 Å². The molecule has 0 aliphatic heterocycles. The zero-order chi connectivity index (χ0) is 15.2. The summed E-state index contributed by atoms with van der Waals surface area (Å²) in [5, 5.41) is 2.37. The van der Waals surface area contributed by atoms with E-state index in [1.54, 1.807) is 0 Å². The number of carbonyl (C=O) groups excluding carboxylic acids is 1. The van der Waals surface area contributed by atoms with Crippen molar-refractivity contribution in [2.45, 2.75) is 13.2 Å². The highest BCUT2D eigenvalue weighted by Gasteiger charge is 2.10. The minimum atomic E-state index is -0.693.